The predicted molar refractivity (Wildman–Crippen MR) is 218 cm³/mol. The molecule has 14 heteroatoms. The van der Waals surface area contributed by atoms with Gasteiger partial charge in [-0.05, 0) is 61.1 Å². The molecule has 3 aliphatic rings. The van der Waals surface area contributed by atoms with Gasteiger partial charge in [0.25, 0.3) is 23.6 Å². The van der Waals surface area contributed by atoms with Crippen molar-refractivity contribution in [1.29, 1.82) is 0 Å². The Hall–Kier alpha value is -3.46. The Morgan fingerprint density at radius 1 is 0.397 bits per heavy atom. The lowest BCUT2D eigenvalue weighted by Gasteiger charge is -2.35. The monoisotopic (exact) mass is 842 g/mol. The highest BCUT2D eigenvalue weighted by Gasteiger charge is 2.75. The van der Waals surface area contributed by atoms with Crippen LogP contribution in [0.2, 0.25) is 0 Å². The van der Waals surface area contributed by atoms with Gasteiger partial charge in [0.15, 0.2) is 0 Å². The summed E-state index contributed by atoms with van der Waals surface area (Å²) in [5, 5.41) is 0.223. The highest BCUT2D eigenvalue weighted by molar-refractivity contribution is 7.87. The molecule has 12 nitrogen and oxygen atoms in total. The van der Waals surface area contributed by atoms with E-state index in [4.69, 9.17) is 8.57 Å². The maximum Gasteiger partial charge on any atom is 0.318 e. The molecule has 0 N–H and O–H groups in total. The van der Waals surface area contributed by atoms with Crippen LogP contribution in [0.5, 0.6) is 0 Å². The van der Waals surface area contributed by atoms with Gasteiger partial charge in [-0.25, -0.2) is 0 Å². The highest BCUT2D eigenvalue weighted by atomic mass is 32.2. The lowest BCUT2D eigenvalue weighted by molar-refractivity contribution is -0.169. The number of fused-ring (bicyclic) bond motifs is 4. The molecule has 2 aliphatic heterocycles. The summed E-state index contributed by atoms with van der Waals surface area (Å²) in [5.41, 5.74) is 1.89. The third-order valence-electron chi connectivity index (χ3n) is 11.9. The van der Waals surface area contributed by atoms with Crippen LogP contribution in [0.1, 0.15) is 153 Å². The van der Waals surface area contributed by atoms with Crippen LogP contribution in [0.3, 0.4) is 0 Å². The number of hydrogen-bond donors (Lipinski definition) is 0. The first kappa shape index (κ1) is 45.6. The summed E-state index contributed by atoms with van der Waals surface area (Å²) in [6.45, 7) is 4.43. The molecule has 0 aromatic heterocycles. The minimum Gasteiger partial charge on any atom is -0.272 e. The molecule has 0 radical (unpaired) electrons. The molecule has 2 saturated heterocycles. The second-order valence-corrected chi connectivity index (χ2v) is 19.3. The second kappa shape index (κ2) is 21.7. The zero-order valence-corrected chi connectivity index (χ0v) is 35.9. The van der Waals surface area contributed by atoms with E-state index in [2.05, 4.69) is 13.8 Å². The zero-order valence-electron chi connectivity index (χ0n) is 34.3. The van der Waals surface area contributed by atoms with E-state index in [1.165, 1.54) is 114 Å². The van der Waals surface area contributed by atoms with Gasteiger partial charge < -0.3 is 0 Å². The smallest absolute Gasteiger partial charge is 0.272 e. The van der Waals surface area contributed by atoms with Crippen LogP contribution < -0.4 is 0 Å². The van der Waals surface area contributed by atoms with Crippen LogP contribution in [-0.4, -0.2) is 50.6 Å². The summed E-state index contributed by atoms with van der Waals surface area (Å²) < 4.78 is 62.6. The van der Waals surface area contributed by atoms with Crippen molar-refractivity contribution in [3.63, 3.8) is 0 Å². The van der Waals surface area contributed by atoms with Crippen LogP contribution in [0.15, 0.2) is 58.3 Å². The zero-order chi connectivity index (χ0) is 41.7. The van der Waals surface area contributed by atoms with Crippen LogP contribution in [0.4, 0.5) is 0 Å². The molecular weight excluding hydrogens is 781 g/mol. The molecule has 2 heterocycles. The topological polar surface area (TPSA) is 161 Å². The minimum atomic E-state index is -4.62. The number of aryl methyl sites for hydroxylation is 2. The number of unbranched alkanes of at least 4 members (excludes halogenated alkanes) is 18. The molecule has 5 rings (SSSR count). The first-order chi connectivity index (χ1) is 27.9. The summed E-state index contributed by atoms with van der Waals surface area (Å²) in [6, 6.07) is 12.1. The van der Waals surface area contributed by atoms with E-state index in [0.717, 1.165) is 62.5 Å². The summed E-state index contributed by atoms with van der Waals surface area (Å²) in [6.07, 6.45) is 25.8. The molecule has 2 aromatic carbocycles. The minimum absolute atomic E-state index is 0.111. The SMILES string of the molecule is CCCCCCCCCCCCc1ccc(S(=O)(=O)ON2C(=O)C3C(C2=O)C2C(=O)N(OS(=O)(=O)c4ccc(CCCCCCCCCCCC)cc4)C(=O)C32)cc1. The number of benzene rings is 2. The van der Waals surface area contributed by atoms with Gasteiger partial charge in [-0.2, -0.15) is 16.8 Å². The largest absolute Gasteiger partial charge is 0.318 e. The van der Waals surface area contributed by atoms with Crippen molar-refractivity contribution < 1.29 is 44.6 Å². The Labute approximate surface area is 345 Å². The first-order valence-corrected chi connectivity index (χ1v) is 24.6. The standard InChI is InChI=1S/C44H62N2O10S2/c1-3-5-7-9-11-13-15-17-19-21-23-33-25-29-35(30-26-33)57(51,52)55-45-41(47)37-38(42(45)48)40-39(37)43(49)46(44(40)50)56-58(53,54)36-31-27-34(28-32-36)24-22-20-18-16-14-12-10-8-6-4-2/h25-32,37-40H,3-24H2,1-2H3. The highest BCUT2D eigenvalue weighted by Crippen LogP contribution is 2.57. The third kappa shape index (κ3) is 11.4. The van der Waals surface area contributed by atoms with Crippen LogP contribution >= 0.6 is 0 Å². The maximum atomic E-state index is 13.3. The predicted octanol–water partition coefficient (Wildman–Crippen LogP) is 8.77. The van der Waals surface area contributed by atoms with Gasteiger partial charge in [-0.1, -0.05) is 154 Å². The van der Waals surface area contributed by atoms with Crippen molar-refractivity contribution in [2.45, 2.75) is 165 Å². The number of carbonyl (C=O) groups excluding carboxylic acids is 4. The van der Waals surface area contributed by atoms with Crippen molar-refractivity contribution in [3.8, 4) is 0 Å². The Kier molecular flexibility index (Phi) is 17.1. The average molecular weight is 843 g/mol. The molecule has 0 atom stereocenters. The number of nitrogens with zero attached hydrogens (tertiary/aromatic N) is 2. The van der Waals surface area contributed by atoms with Gasteiger partial charge >= 0.3 is 20.2 Å². The molecule has 0 unspecified atom stereocenters. The quantitative estimate of drug-likeness (QED) is 0.0598. The van der Waals surface area contributed by atoms with E-state index in [-0.39, 0.29) is 19.9 Å². The number of carbonyl (C=O) groups is 4. The van der Waals surface area contributed by atoms with Crippen molar-refractivity contribution in [1.82, 2.24) is 10.1 Å². The Bertz CT molecular complexity index is 1730. The molecule has 1 aliphatic carbocycles. The maximum absolute atomic E-state index is 13.3. The normalized spacial score (nSPS) is 20.5. The lowest BCUT2D eigenvalue weighted by Crippen LogP contribution is -2.50. The molecule has 58 heavy (non-hydrogen) atoms. The Morgan fingerprint density at radius 3 is 0.897 bits per heavy atom. The lowest BCUT2D eigenvalue weighted by atomic mass is 9.59. The van der Waals surface area contributed by atoms with Crippen molar-refractivity contribution >= 4 is 43.9 Å². The molecule has 0 spiro atoms. The first-order valence-electron chi connectivity index (χ1n) is 21.7. The average Bonchev–Trinajstić information content (AvgIpc) is 3.50. The van der Waals surface area contributed by atoms with Crippen molar-refractivity contribution in [2.24, 2.45) is 23.7 Å². The van der Waals surface area contributed by atoms with Gasteiger partial charge in [0, 0.05) is 0 Å². The molecule has 4 amide bonds. The van der Waals surface area contributed by atoms with Crippen molar-refractivity contribution in [2.75, 3.05) is 0 Å². The summed E-state index contributed by atoms with van der Waals surface area (Å²) in [7, 11) is -9.25. The number of rotatable bonds is 28. The van der Waals surface area contributed by atoms with E-state index in [1.54, 1.807) is 24.3 Å². The fourth-order valence-electron chi connectivity index (χ4n) is 8.44. The summed E-state index contributed by atoms with van der Waals surface area (Å²) >= 11 is 0. The molecule has 3 fully saturated rings. The van der Waals surface area contributed by atoms with Crippen LogP contribution in [-0.2, 0) is 60.8 Å². The van der Waals surface area contributed by atoms with E-state index >= 15 is 0 Å². The molecular formula is C44H62N2O10S2. The van der Waals surface area contributed by atoms with Gasteiger partial charge in [0.05, 0.1) is 33.5 Å². The summed E-state index contributed by atoms with van der Waals surface area (Å²) in [5.74, 6) is -9.96. The van der Waals surface area contributed by atoms with E-state index < -0.39 is 67.5 Å². The van der Waals surface area contributed by atoms with Gasteiger partial charge in [-0.15, -0.1) is 18.7 Å². The third-order valence-corrected chi connectivity index (χ3v) is 14.3. The van der Waals surface area contributed by atoms with Gasteiger partial charge in [-0.3, -0.25) is 19.2 Å². The fraction of sp³-hybridized carbons (Fsp3) is 0.636. The molecule has 320 valence electrons. The number of hydrogen-bond acceptors (Lipinski definition) is 10. The van der Waals surface area contributed by atoms with Gasteiger partial charge in [0.1, 0.15) is 0 Å². The number of imide groups is 2. The second-order valence-electron chi connectivity index (χ2n) is 16.3. The fourth-order valence-corrected chi connectivity index (χ4v) is 10.2. The number of amides is 4. The van der Waals surface area contributed by atoms with E-state index in [9.17, 15) is 36.0 Å². The van der Waals surface area contributed by atoms with E-state index in [1.807, 2.05) is 0 Å². The molecule has 2 aromatic rings. The Balaban J connectivity index is 1.06. The number of hydroxylamine groups is 4. The summed E-state index contributed by atoms with van der Waals surface area (Å²) in [4.78, 5) is 52.7. The van der Waals surface area contributed by atoms with Crippen LogP contribution in [0.25, 0.3) is 0 Å². The van der Waals surface area contributed by atoms with Gasteiger partial charge in [0.2, 0.25) is 0 Å². The molecule has 0 bridgehead atoms. The molecule has 1 saturated carbocycles. The van der Waals surface area contributed by atoms with Crippen molar-refractivity contribution in [3.05, 3.63) is 59.7 Å². The van der Waals surface area contributed by atoms with E-state index in [0.29, 0.717) is 0 Å². The van der Waals surface area contributed by atoms with Crippen LogP contribution in [0, 0.1) is 23.7 Å². The Morgan fingerprint density at radius 2 is 0.638 bits per heavy atom.